The second-order valence-electron chi connectivity index (χ2n) is 13.4. The zero-order chi connectivity index (χ0) is 27.8. The van der Waals surface area contributed by atoms with Gasteiger partial charge in [-0.15, -0.1) is 0 Å². The molecule has 0 fully saturated rings. The molecule has 0 radical (unpaired) electrons. The highest BCUT2D eigenvalue weighted by Gasteiger charge is 2.42. The number of alkyl carbamates (subject to hydrolysis) is 1. The Bertz CT molecular complexity index is 568. The van der Waals surface area contributed by atoms with E-state index in [1.54, 1.807) is 0 Å². The first-order valence-corrected chi connectivity index (χ1v) is 17.8. The van der Waals surface area contributed by atoms with Crippen molar-refractivity contribution in [1.82, 2.24) is 5.32 Å². The minimum absolute atomic E-state index is 0.0485. The average Bonchev–Trinajstić information content (AvgIpc) is 2.74. The van der Waals surface area contributed by atoms with Gasteiger partial charge in [0.15, 0.2) is 8.32 Å². The summed E-state index contributed by atoms with van der Waals surface area (Å²) in [5.41, 5.74) is -0.583. The second-order valence-corrected chi connectivity index (χ2v) is 18.2. The Kier molecular flexibility index (Phi) is 17.5. The molecular weight excluding hydrogens is 466 g/mol. The van der Waals surface area contributed by atoms with Crippen molar-refractivity contribution in [3.8, 4) is 0 Å². The molecule has 0 aromatic carbocycles. The van der Waals surface area contributed by atoms with Gasteiger partial charge in [0.05, 0.1) is 18.8 Å². The SMILES string of the molecule is CCCCCCCCCCCCCC[C@@H](C)[C@@H](O[Si](C)(C)C(C)(C)C)[C@H](CO)NC(=O)OC(C)(C)C. The smallest absolute Gasteiger partial charge is 0.408 e. The van der Waals surface area contributed by atoms with Crippen LogP contribution in [0.2, 0.25) is 18.1 Å². The van der Waals surface area contributed by atoms with Crippen molar-refractivity contribution in [3.05, 3.63) is 0 Å². The number of aliphatic hydroxyl groups excluding tert-OH is 1. The molecule has 6 heteroatoms. The fourth-order valence-corrected chi connectivity index (χ4v) is 5.70. The van der Waals surface area contributed by atoms with Crippen LogP contribution in [0.3, 0.4) is 0 Å². The molecule has 0 aliphatic rings. The van der Waals surface area contributed by atoms with E-state index in [1.807, 2.05) is 20.8 Å². The van der Waals surface area contributed by atoms with Crippen LogP contribution in [0.5, 0.6) is 0 Å². The fourth-order valence-electron chi connectivity index (χ4n) is 4.27. The third-order valence-electron chi connectivity index (χ3n) is 7.61. The maximum Gasteiger partial charge on any atom is 0.408 e. The van der Waals surface area contributed by atoms with E-state index in [0.29, 0.717) is 0 Å². The van der Waals surface area contributed by atoms with Crippen LogP contribution in [0, 0.1) is 5.92 Å². The van der Waals surface area contributed by atoms with Crippen molar-refractivity contribution in [2.24, 2.45) is 5.92 Å². The van der Waals surface area contributed by atoms with Crippen molar-refractivity contribution < 1.29 is 19.1 Å². The van der Waals surface area contributed by atoms with Gasteiger partial charge >= 0.3 is 6.09 Å². The number of unbranched alkanes of at least 4 members (excludes halogenated alkanes) is 11. The number of aliphatic hydroxyl groups is 1. The number of nitrogens with one attached hydrogen (secondary N) is 1. The van der Waals surface area contributed by atoms with E-state index < -0.39 is 26.1 Å². The van der Waals surface area contributed by atoms with Gasteiger partial charge in [0.25, 0.3) is 0 Å². The molecular formula is C30H63NO4Si. The number of hydrogen-bond acceptors (Lipinski definition) is 4. The number of rotatable bonds is 19. The quantitative estimate of drug-likeness (QED) is 0.129. The lowest BCUT2D eigenvalue weighted by molar-refractivity contribution is 0.0254. The molecule has 1 amide bonds. The van der Waals surface area contributed by atoms with E-state index >= 15 is 0 Å². The molecule has 216 valence electrons. The lowest BCUT2D eigenvalue weighted by atomic mass is 9.92. The summed E-state index contributed by atoms with van der Waals surface area (Å²) in [6.07, 6.45) is 16.3. The Morgan fingerprint density at radius 2 is 1.28 bits per heavy atom. The van der Waals surface area contributed by atoms with E-state index in [4.69, 9.17) is 9.16 Å². The van der Waals surface area contributed by atoms with Crippen LogP contribution in [0.1, 0.15) is 139 Å². The van der Waals surface area contributed by atoms with E-state index in [2.05, 4.69) is 53.0 Å². The van der Waals surface area contributed by atoms with Crippen molar-refractivity contribution in [2.45, 2.75) is 175 Å². The second kappa shape index (κ2) is 17.8. The van der Waals surface area contributed by atoms with E-state index in [1.165, 1.54) is 70.6 Å². The molecule has 0 aromatic rings. The Morgan fingerprint density at radius 3 is 1.67 bits per heavy atom. The van der Waals surface area contributed by atoms with Gasteiger partial charge in [-0.2, -0.15) is 0 Å². The van der Waals surface area contributed by atoms with Crippen LogP contribution in [0.4, 0.5) is 4.79 Å². The van der Waals surface area contributed by atoms with Gasteiger partial charge in [-0.3, -0.25) is 0 Å². The molecule has 0 rings (SSSR count). The summed E-state index contributed by atoms with van der Waals surface area (Å²) in [4.78, 5) is 12.5. The Morgan fingerprint density at radius 1 is 0.833 bits per heavy atom. The van der Waals surface area contributed by atoms with Gasteiger partial charge in [-0.1, -0.05) is 112 Å². The first-order valence-electron chi connectivity index (χ1n) is 14.9. The molecule has 36 heavy (non-hydrogen) atoms. The normalized spacial score (nSPS) is 15.4. The maximum atomic E-state index is 12.5. The van der Waals surface area contributed by atoms with Gasteiger partial charge in [0.1, 0.15) is 5.60 Å². The molecule has 0 aliphatic carbocycles. The Hall–Kier alpha value is -0.593. The molecule has 0 spiro atoms. The lowest BCUT2D eigenvalue weighted by Crippen LogP contribution is -2.55. The molecule has 0 heterocycles. The highest BCUT2D eigenvalue weighted by Crippen LogP contribution is 2.39. The van der Waals surface area contributed by atoms with Crippen LogP contribution in [0.25, 0.3) is 0 Å². The van der Waals surface area contributed by atoms with Crippen LogP contribution in [-0.2, 0) is 9.16 Å². The molecule has 5 nitrogen and oxygen atoms in total. The van der Waals surface area contributed by atoms with E-state index in [-0.39, 0.29) is 23.7 Å². The van der Waals surface area contributed by atoms with E-state index in [9.17, 15) is 9.90 Å². The predicted octanol–water partition coefficient (Wildman–Crippen LogP) is 8.99. The number of amides is 1. The zero-order valence-electron chi connectivity index (χ0n) is 25.8. The lowest BCUT2D eigenvalue weighted by Gasteiger charge is -2.43. The standard InChI is InChI=1S/C30H63NO4Si/c1-11-12-13-14-15-16-17-18-19-20-21-22-23-25(2)27(35-36(9,10)30(6,7)8)26(24-32)31-28(33)34-29(3,4)5/h25-27,32H,11-24H2,1-10H3,(H,31,33)/t25-,26+,27-/m1/s1. The summed E-state index contributed by atoms with van der Waals surface area (Å²) < 4.78 is 12.3. The molecule has 2 N–H and O–H groups in total. The highest BCUT2D eigenvalue weighted by atomic mass is 28.4. The molecule has 0 aliphatic heterocycles. The van der Waals surface area contributed by atoms with Gasteiger partial charge in [-0.05, 0) is 51.2 Å². The summed E-state index contributed by atoms with van der Waals surface area (Å²) in [6, 6.07) is -0.485. The van der Waals surface area contributed by atoms with Gasteiger partial charge in [0.2, 0.25) is 0 Å². The minimum atomic E-state index is -2.09. The Balaban J connectivity index is 4.76. The largest absolute Gasteiger partial charge is 0.444 e. The van der Waals surface area contributed by atoms with Gasteiger partial charge < -0.3 is 19.6 Å². The topological polar surface area (TPSA) is 67.8 Å². The van der Waals surface area contributed by atoms with Crippen molar-refractivity contribution in [1.29, 1.82) is 0 Å². The van der Waals surface area contributed by atoms with E-state index in [0.717, 1.165) is 12.8 Å². The summed E-state index contributed by atoms with van der Waals surface area (Å²) >= 11 is 0. The molecule has 0 saturated heterocycles. The number of hydrogen-bond donors (Lipinski definition) is 2. The predicted molar refractivity (Wildman–Crippen MR) is 157 cm³/mol. The third kappa shape index (κ3) is 16.3. The number of carbonyl (C=O) groups excluding carboxylic acids is 1. The Labute approximate surface area is 226 Å². The highest BCUT2D eigenvalue weighted by molar-refractivity contribution is 6.74. The molecule has 3 atom stereocenters. The summed E-state index contributed by atoms with van der Waals surface area (Å²) in [7, 11) is -2.09. The summed E-state index contributed by atoms with van der Waals surface area (Å²) in [5.74, 6) is 0.231. The molecule has 0 aromatic heterocycles. The minimum Gasteiger partial charge on any atom is -0.444 e. The van der Waals surface area contributed by atoms with Crippen molar-refractivity contribution in [3.63, 3.8) is 0 Å². The van der Waals surface area contributed by atoms with Crippen molar-refractivity contribution >= 4 is 14.4 Å². The average molecular weight is 530 g/mol. The van der Waals surface area contributed by atoms with Gasteiger partial charge in [-0.25, -0.2) is 4.79 Å². The maximum absolute atomic E-state index is 12.5. The molecule has 0 bridgehead atoms. The van der Waals surface area contributed by atoms with Crippen LogP contribution >= 0.6 is 0 Å². The monoisotopic (exact) mass is 529 g/mol. The summed E-state index contributed by atoms with van der Waals surface area (Å²) in [6.45, 7) is 21.0. The first kappa shape index (κ1) is 35.4. The zero-order valence-corrected chi connectivity index (χ0v) is 26.8. The van der Waals surface area contributed by atoms with Crippen LogP contribution < -0.4 is 5.32 Å². The first-order chi connectivity index (χ1) is 16.6. The summed E-state index contributed by atoms with van der Waals surface area (Å²) in [5, 5.41) is 13.2. The molecule has 0 saturated carbocycles. The fraction of sp³-hybridized carbons (Fsp3) is 0.967. The van der Waals surface area contributed by atoms with Crippen molar-refractivity contribution in [2.75, 3.05) is 6.61 Å². The number of ether oxygens (including phenoxy) is 1. The van der Waals surface area contributed by atoms with Crippen LogP contribution in [-0.4, -0.2) is 43.9 Å². The van der Waals surface area contributed by atoms with Crippen LogP contribution in [0.15, 0.2) is 0 Å². The molecule has 0 unspecified atom stereocenters. The van der Waals surface area contributed by atoms with Gasteiger partial charge in [0, 0.05) is 0 Å². The number of carbonyl (C=O) groups is 1. The third-order valence-corrected chi connectivity index (χ3v) is 12.1.